The molecule has 2 aromatic heterocycles. The van der Waals surface area contributed by atoms with Crippen LogP contribution < -0.4 is 0 Å². The topological polar surface area (TPSA) is 9.86 Å². The van der Waals surface area contributed by atoms with Gasteiger partial charge < -0.3 is 9.13 Å². The number of hydrogen-bond acceptors (Lipinski definition) is 0. The highest BCUT2D eigenvalue weighted by molar-refractivity contribution is 6.19. The quantitative estimate of drug-likeness (QED) is 0.176. The fourth-order valence-corrected chi connectivity index (χ4v) is 9.13. The third-order valence-electron chi connectivity index (χ3n) is 11.7. The number of hydrogen-bond donors (Lipinski definition) is 0. The van der Waals surface area contributed by atoms with Gasteiger partial charge in [0.15, 0.2) is 0 Å². The summed E-state index contributed by atoms with van der Waals surface area (Å²) in [6, 6.07) is 67.1. The summed E-state index contributed by atoms with van der Waals surface area (Å²) < 4.78 is 4.88. The molecule has 1 aliphatic rings. The van der Waals surface area contributed by atoms with Crippen LogP contribution in [0.25, 0.3) is 88.4 Å². The molecule has 0 unspecified atom stereocenters. The van der Waals surface area contributed by atoms with Crippen LogP contribution in [0.5, 0.6) is 0 Å². The maximum Gasteiger partial charge on any atom is 0.0562 e. The molecule has 0 N–H and O–H groups in total. The molecule has 53 heavy (non-hydrogen) atoms. The summed E-state index contributed by atoms with van der Waals surface area (Å²) in [6.07, 6.45) is 0. The van der Waals surface area contributed by atoms with Crippen LogP contribution in [0.15, 0.2) is 182 Å². The minimum Gasteiger partial charge on any atom is -0.309 e. The summed E-state index contributed by atoms with van der Waals surface area (Å²) in [7, 11) is 0. The number of benzene rings is 8. The summed E-state index contributed by atoms with van der Waals surface area (Å²) in [6.45, 7) is 4.70. The number of fused-ring (bicyclic) bond motifs is 9. The molecular weight excluding hydrogens is 641 g/mol. The van der Waals surface area contributed by atoms with Crippen LogP contribution in [0.4, 0.5) is 0 Å². The van der Waals surface area contributed by atoms with E-state index in [4.69, 9.17) is 0 Å². The maximum atomic E-state index is 2.44. The Morgan fingerprint density at radius 1 is 0.321 bits per heavy atom. The van der Waals surface area contributed by atoms with E-state index in [1.165, 1.54) is 88.1 Å². The molecule has 2 nitrogen and oxygen atoms in total. The predicted octanol–water partition coefficient (Wildman–Crippen LogP) is 13.5. The first-order chi connectivity index (χ1) is 26.0. The fourth-order valence-electron chi connectivity index (χ4n) is 9.13. The molecule has 10 aromatic rings. The van der Waals surface area contributed by atoms with E-state index in [0.29, 0.717) is 0 Å². The lowest BCUT2D eigenvalue weighted by atomic mass is 9.81. The summed E-state index contributed by atoms with van der Waals surface area (Å²) in [5.74, 6) is 0. The Kier molecular flexibility index (Phi) is 6.33. The minimum absolute atomic E-state index is 0.0263. The van der Waals surface area contributed by atoms with E-state index >= 15 is 0 Å². The zero-order valence-electron chi connectivity index (χ0n) is 29.7. The second-order valence-corrected chi connectivity index (χ2v) is 15.0. The van der Waals surface area contributed by atoms with Crippen LogP contribution in [0, 0.1) is 0 Å². The Labute approximate surface area is 308 Å². The van der Waals surface area contributed by atoms with Gasteiger partial charge in [-0.2, -0.15) is 0 Å². The molecule has 250 valence electrons. The van der Waals surface area contributed by atoms with Crippen LogP contribution in [-0.2, 0) is 5.41 Å². The zero-order valence-corrected chi connectivity index (χ0v) is 29.7. The monoisotopic (exact) mass is 676 g/mol. The highest BCUT2D eigenvalue weighted by Crippen LogP contribution is 2.49. The van der Waals surface area contributed by atoms with Crippen molar-refractivity contribution in [3.8, 4) is 44.8 Å². The van der Waals surface area contributed by atoms with Crippen molar-refractivity contribution in [2.45, 2.75) is 19.3 Å². The SMILES string of the molecule is CC1(C)c2ccccc2-c2ccc(-c3ccc(-n4c5ccccc5c5cc6c7ccccc7n(-c7cccc(-c8ccccc8)c7)c6cc54)cc3)cc21. The summed E-state index contributed by atoms with van der Waals surface area (Å²) >= 11 is 0. The molecule has 11 rings (SSSR count). The Morgan fingerprint density at radius 3 is 1.60 bits per heavy atom. The Bertz CT molecular complexity index is 3060. The molecule has 0 bridgehead atoms. The molecule has 2 heterocycles. The largest absolute Gasteiger partial charge is 0.309 e. The molecule has 0 spiro atoms. The van der Waals surface area contributed by atoms with Crippen molar-refractivity contribution >= 4 is 43.6 Å². The maximum absolute atomic E-state index is 2.44. The zero-order chi connectivity index (χ0) is 35.3. The number of nitrogens with zero attached hydrogens (tertiary/aromatic N) is 2. The lowest BCUT2D eigenvalue weighted by Gasteiger charge is -2.22. The van der Waals surface area contributed by atoms with Crippen LogP contribution in [0.3, 0.4) is 0 Å². The fraction of sp³-hybridized carbons (Fsp3) is 0.0588. The standard InChI is InChI=1S/C51H36N2/c1-51(2)45-20-9-6-17-39(45)40-28-25-36(30-46(40)51)34-23-26-37(27-24-34)52-47-21-10-7-18-41(47)43-31-44-42-19-8-11-22-48(42)53(50(44)32-49(43)52)38-16-12-15-35(29-38)33-13-4-3-5-14-33/h3-32H,1-2H3. The van der Waals surface area contributed by atoms with Gasteiger partial charge in [-0.15, -0.1) is 0 Å². The first kappa shape index (κ1) is 30.0. The average molecular weight is 677 g/mol. The molecule has 0 atom stereocenters. The number of para-hydroxylation sites is 2. The van der Waals surface area contributed by atoms with Gasteiger partial charge in [0.05, 0.1) is 22.1 Å². The summed E-state index contributed by atoms with van der Waals surface area (Å²) in [4.78, 5) is 0. The first-order valence-corrected chi connectivity index (χ1v) is 18.5. The van der Waals surface area contributed by atoms with E-state index in [0.717, 1.165) is 11.4 Å². The van der Waals surface area contributed by atoms with E-state index in [2.05, 4.69) is 205 Å². The van der Waals surface area contributed by atoms with Gasteiger partial charge in [-0.05, 0) is 99.1 Å². The Balaban J connectivity index is 1.09. The summed E-state index contributed by atoms with van der Waals surface area (Å²) in [5, 5.41) is 5.05. The van der Waals surface area contributed by atoms with Gasteiger partial charge in [0.25, 0.3) is 0 Å². The van der Waals surface area contributed by atoms with Crippen molar-refractivity contribution in [1.29, 1.82) is 0 Å². The molecule has 0 radical (unpaired) electrons. The highest BCUT2D eigenvalue weighted by Gasteiger charge is 2.35. The summed E-state index contributed by atoms with van der Waals surface area (Å²) in [5.41, 5.74) is 17.5. The normalized spacial score (nSPS) is 13.2. The third kappa shape index (κ3) is 4.39. The van der Waals surface area contributed by atoms with E-state index in [-0.39, 0.29) is 5.41 Å². The second-order valence-electron chi connectivity index (χ2n) is 15.0. The third-order valence-corrected chi connectivity index (χ3v) is 11.7. The van der Waals surface area contributed by atoms with Crippen molar-refractivity contribution in [3.63, 3.8) is 0 Å². The molecule has 0 saturated carbocycles. The van der Waals surface area contributed by atoms with Crippen LogP contribution in [0.1, 0.15) is 25.0 Å². The molecule has 0 amide bonds. The smallest absolute Gasteiger partial charge is 0.0562 e. The van der Waals surface area contributed by atoms with Gasteiger partial charge in [-0.3, -0.25) is 0 Å². The van der Waals surface area contributed by atoms with Crippen LogP contribution >= 0.6 is 0 Å². The van der Waals surface area contributed by atoms with Gasteiger partial charge in [-0.1, -0.05) is 141 Å². The molecule has 0 aliphatic heterocycles. The van der Waals surface area contributed by atoms with Crippen molar-refractivity contribution in [2.75, 3.05) is 0 Å². The molecule has 1 aliphatic carbocycles. The molecule has 2 heteroatoms. The number of aromatic nitrogens is 2. The molecule has 8 aromatic carbocycles. The van der Waals surface area contributed by atoms with Gasteiger partial charge in [0.1, 0.15) is 0 Å². The molecule has 0 fully saturated rings. The van der Waals surface area contributed by atoms with Crippen molar-refractivity contribution in [1.82, 2.24) is 9.13 Å². The van der Waals surface area contributed by atoms with Crippen molar-refractivity contribution in [3.05, 3.63) is 193 Å². The van der Waals surface area contributed by atoms with Gasteiger partial charge in [-0.25, -0.2) is 0 Å². The first-order valence-electron chi connectivity index (χ1n) is 18.5. The van der Waals surface area contributed by atoms with E-state index < -0.39 is 0 Å². The highest BCUT2D eigenvalue weighted by atomic mass is 15.0. The van der Waals surface area contributed by atoms with Crippen LogP contribution in [0.2, 0.25) is 0 Å². The lowest BCUT2D eigenvalue weighted by Crippen LogP contribution is -2.14. The van der Waals surface area contributed by atoms with Gasteiger partial charge in [0.2, 0.25) is 0 Å². The van der Waals surface area contributed by atoms with Gasteiger partial charge >= 0.3 is 0 Å². The van der Waals surface area contributed by atoms with Crippen molar-refractivity contribution in [2.24, 2.45) is 0 Å². The van der Waals surface area contributed by atoms with Gasteiger partial charge in [0, 0.05) is 38.3 Å². The lowest BCUT2D eigenvalue weighted by molar-refractivity contribution is 0.660. The average Bonchev–Trinajstić information content (AvgIpc) is 3.80. The van der Waals surface area contributed by atoms with Crippen LogP contribution in [-0.4, -0.2) is 9.13 Å². The Hall–Kier alpha value is -6.64. The van der Waals surface area contributed by atoms with E-state index in [9.17, 15) is 0 Å². The number of rotatable bonds is 4. The van der Waals surface area contributed by atoms with Crippen molar-refractivity contribution < 1.29 is 0 Å². The second kappa shape index (κ2) is 11.2. The minimum atomic E-state index is -0.0263. The predicted molar refractivity (Wildman–Crippen MR) is 224 cm³/mol. The van der Waals surface area contributed by atoms with E-state index in [1.54, 1.807) is 0 Å². The van der Waals surface area contributed by atoms with E-state index in [1.807, 2.05) is 0 Å². The molecule has 0 saturated heterocycles. The molecular formula is C51H36N2. The Morgan fingerprint density at radius 2 is 0.868 bits per heavy atom.